The van der Waals surface area contributed by atoms with Crippen LogP contribution in [0.3, 0.4) is 0 Å². The Balaban J connectivity index is 2.27. The molecule has 0 bridgehead atoms. The van der Waals surface area contributed by atoms with Gasteiger partial charge in [-0.15, -0.1) is 4.40 Å². The van der Waals surface area contributed by atoms with Gasteiger partial charge in [0.2, 0.25) is 5.96 Å². The Kier molecular flexibility index (Phi) is 3.62. The molecule has 1 heterocycles. The highest BCUT2D eigenvalue weighted by Crippen LogP contribution is 2.37. The summed E-state index contributed by atoms with van der Waals surface area (Å²) in [4.78, 5) is 0.204. The maximum absolute atomic E-state index is 12.3. The third kappa shape index (κ3) is 2.35. The van der Waals surface area contributed by atoms with Crippen LogP contribution in [0.5, 0.6) is 0 Å². The Morgan fingerprint density at radius 2 is 1.82 bits per heavy atom. The van der Waals surface area contributed by atoms with Crippen molar-refractivity contribution in [3.8, 4) is 11.1 Å². The molecule has 3 rings (SSSR count). The zero-order valence-electron chi connectivity index (χ0n) is 12.4. The highest BCUT2D eigenvalue weighted by molar-refractivity contribution is 7.90. The lowest BCUT2D eigenvalue weighted by Gasteiger charge is -2.21. The molecule has 114 valence electrons. The molecule has 0 saturated carbocycles. The molecule has 22 heavy (non-hydrogen) atoms. The Bertz CT molecular complexity index is 857. The molecular formula is C16H17N3O2S. The third-order valence-electron chi connectivity index (χ3n) is 3.68. The van der Waals surface area contributed by atoms with Crippen molar-refractivity contribution in [2.75, 3.05) is 12.4 Å². The minimum absolute atomic E-state index is 0.204. The fraction of sp³-hybridized carbons (Fsp3) is 0.188. The van der Waals surface area contributed by atoms with Crippen LogP contribution in [-0.4, -0.2) is 21.4 Å². The number of nitrogens with zero attached hydrogens (tertiary/aromatic N) is 1. The van der Waals surface area contributed by atoms with E-state index in [1.165, 1.54) is 5.56 Å². The average molecular weight is 315 g/mol. The van der Waals surface area contributed by atoms with E-state index >= 15 is 0 Å². The second-order valence-electron chi connectivity index (χ2n) is 4.98. The Morgan fingerprint density at radius 1 is 1.09 bits per heavy atom. The molecule has 0 unspecified atom stereocenters. The minimum atomic E-state index is -3.69. The molecule has 6 heteroatoms. The average Bonchev–Trinajstić information content (AvgIpc) is 2.53. The first-order valence-electron chi connectivity index (χ1n) is 7.08. The van der Waals surface area contributed by atoms with Crippen molar-refractivity contribution in [2.45, 2.75) is 18.2 Å². The number of guanidine groups is 1. The summed E-state index contributed by atoms with van der Waals surface area (Å²) < 4.78 is 28.3. The van der Waals surface area contributed by atoms with Crippen LogP contribution in [0.4, 0.5) is 5.69 Å². The molecule has 0 aliphatic carbocycles. The monoisotopic (exact) mass is 315 g/mol. The van der Waals surface area contributed by atoms with E-state index in [1.807, 2.05) is 24.3 Å². The van der Waals surface area contributed by atoms with Gasteiger partial charge in [-0.2, -0.15) is 8.42 Å². The van der Waals surface area contributed by atoms with Crippen LogP contribution in [0, 0.1) is 0 Å². The van der Waals surface area contributed by atoms with Crippen LogP contribution in [0.15, 0.2) is 51.8 Å². The molecule has 2 aromatic rings. The Labute approximate surface area is 130 Å². The normalized spacial score (nSPS) is 15.5. The van der Waals surface area contributed by atoms with E-state index in [4.69, 9.17) is 0 Å². The predicted octanol–water partition coefficient (Wildman–Crippen LogP) is 2.61. The van der Waals surface area contributed by atoms with Gasteiger partial charge in [0.25, 0.3) is 10.0 Å². The number of hydrogen-bond acceptors (Lipinski definition) is 4. The van der Waals surface area contributed by atoms with Gasteiger partial charge < -0.3 is 10.6 Å². The molecular weight excluding hydrogens is 298 g/mol. The van der Waals surface area contributed by atoms with Crippen molar-refractivity contribution in [1.29, 1.82) is 0 Å². The SMILES string of the molecule is CCc1ccccc1-c1cccc2c1NC(NC)=NS2(=O)=O. The molecule has 0 spiro atoms. The van der Waals surface area contributed by atoms with Crippen molar-refractivity contribution < 1.29 is 8.42 Å². The number of sulfonamides is 1. The molecule has 0 saturated heterocycles. The fourth-order valence-corrected chi connectivity index (χ4v) is 3.75. The number of para-hydroxylation sites is 1. The van der Waals surface area contributed by atoms with Crippen molar-refractivity contribution in [2.24, 2.45) is 4.40 Å². The van der Waals surface area contributed by atoms with Gasteiger partial charge in [-0.25, -0.2) is 0 Å². The number of anilines is 1. The number of fused-ring (bicyclic) bond motifs is 1. The molecule has 1 aliphatic heterocycles. The van der Waals surface area contributed by atoms with E-state index in [0.717, 1.165) is 17.5 Å². The lowest BCUT2D eigenvalue weighted by Crippen LogP contribution is -2.32. The van der Waals surface area contributed by atoms with Gasteiger partial charge in [-0.3, -0.25) is 0 Å². The molecule has 1 aliphatic rings. The van der Waals surface area contributed by atoms with Gasteiger partial charge in [0, 0.05) is 12.6 Å². The van der Waals surface area contributed by atoms with Gasteiger partial charge in [0.05, 0.1) is 5.69 Å². The van der Waals surface area contributed by atoms with Crippen LogP contribution in [0.2, 0.25) is 0 Å². The topological polar surface area (TPSA) is 70.6 Å². The van der Waals surface area contributed by atoms with Gasteiger partial charge in [-0.1, -0.05) is 43.3 Å². The molecule has 0 amide bonds. The number of benzene rings is 2. The van der Waals surface area contributed by atoms with E-state index in [0.29, 0.717) is 5.69 Å². The zero-order chi connectivity index (χ0) is 15.7. The maximum atomic E-state index is 12.3. The molecule has 2 aromatic carbocycles. The van der Waals surface area contributed by atoms with Gasteiger partial charge in [0.1, 0.15) is 4.90 Å². The van der Waals surface area contributed by atoms with Gasteiger partial charge >= 0.3 is 0 Å². The largest absolute Gasteiger partial charge is 0.358 e. The third-order valence-corrected chi connectivity index (χ3v) is 5.00. The van der Waals surface area contributed by atoms with E-state index in [-0.39, 0.29) is 10.9 Å². The number of aryl methyl sites for hydroxylation is 1. The summed E-state index contributed by atoms with van der Waals surface area (Å²) in [7, 11) is -2.06. The van der Waals surface area contributed by atoms with Gasteiger partial charge in [0.15, 0.2) is 0 Å². The van der Waals surface area contributed by atoms with Crippen molar-refractivity contribution in [3.63, 3.8) is 0 Å². The first kappa shape index (κ1) is 14.6. The van der Waals surface area contributed by atoms with E-state index < -0.39 is 10.0 Å². The molecule has 5 nitrogen and oxygen atoms in total. The molecule has 0 radical (unpaired) electrons. The predicted molar refractivity (Wildman–Crippen MR) is 88.6 cm³/mol. The van der Waals surface area contributed by atoms with Crippen molar-refractivity contribution >= 4 is 21.7 Å². The van der Waals surface area contributed by atoms with E-state index in [1.54, 1.807) is 19.2 Å². The molecule has 2 N–H and O–H groups in total. The van der Waals surface area contributed by atoms with Crippen molar-refractivity contribution in [1.82, 2.24) is 5.32 Å². The molecule has 0 atom stereocenters. The minimum Gasteiger partial charge on any atom is -0.358 e. The lowest BCUT2D eigenvalue weighted by molar-refractivity contribution is 0.597. The summed E-state index contributed by atoms with van der Waals surface area (Å²) in [6, 6.07) is 13.3. The summed E-state index contributed by atoms with van der Waals surface area (Å²) in [5.74, 6) is 0.230. The fourth-order valence-electron chi connectivity index (χ4n) is 2.61. The molecule has 0 fully saturated rings. The summed E-state index contributed by atoms with van der Waals surface area (Å²) in [6.07, 6.45) is 0.875. The lowest BCUT2D eigenvalue weighted by atomic mass is 9.97. The maximum Gasteiger partial charge on any atom is 0.287 e. The van der Waals surface area contributed by atoms with Gasteiger partial charge in [-0.05, 0) is 23.6 Å². The summed E-state index contributed by atoms with van der Waals surface area (Å²) in [5.41, 5.74) is 3.63. The Morgan fingerprint density at radius 3 is 2.55 bits per heavy atom. The highest BCUT2D eigenvalue weighted by Gasteiger charge is 2.27. The summed E-state index contributed by atoms with van der Waals surface area (Å²) in [6.45, 7) is 2.08. The smallest absolute Gasteiger partial charge is 0.287 e. The van der Waals surface area contributed by atoms with Crippen LogP contribution in [0.25, 0.3) is 11.1 Å². The number of hydrogen-bond donors (Lipinski definition) is 2. The first-order valence-corrected chi connectivity index (χ1v) is 8.52. The first-order chi connectivity index (χ1) is 10.6. The number of nitrogens with one attached hydrogen (secondary N) is 2. The standard InChI is InChI=1S/C16H17N3O2S/c1-3-11-7-4-5-8-12(11)13-9-6-10-14-15(13)18-16(17-2)19-22(14,20)21/h4-10H,3H2,1-2H3,(H2,17,18,19). The quantitative estimate of drug-likeness (QED) is 0.893. The second-order valence-corrected chi connectivity index (χ2v) is 6.55. The summed E-state index contributed by atoms with van der Waals surface area (Å²) in [5, 5.41) is 5.85. The number of rotatable bonds is 2. The molecule has 0 aromatic heterocycles. The summed E-state index contributed by atoms with van der Waals surface area (Å²) >= 11 is 0. The van der Waals surface area contributed by atoms with E-state index in [9.17, 15) is 8.42 Å². The van der Waals surface area contributed by atoms with Crippen LogP contribution in [0.1, 0.15) is 12.5 Å². The van der Waals surface area contributed by atoms with Crippen LogP contribution >= 0.6 is 0 Å². The van der Waals surface area contributed by atoms with Crippen molar-refractivity contribution in [3.05, 3.63) is 48.0 Å². The second kappa shape index (κ2) is 5.46. The van der Waals surface area contributed by atoms with Crippen LogP contribution < -0.4 is 10.6 Å². The van der Waals surface area contributed by atoms with Crippen LogP contribution in [-0.2, 0) is 16.4 Å². The Hall–Kier alpha value is -2.34. The zero-order valence-corrected chi connectivity index (χ0v) is 13.2. The van der Waals surface area contributed by atoms with E-state index in [2.05, 4.69) is 28.0 Å². The highest BCUT2D eigenvalue weighted by atomic mass is 32.2.